The summed E-state index contributed by atoms with van der Waals surface area (Å²) in [6.45, 7) is 5.64. The lowest BCUT2D eigenvalue weighted by molar-refractivity contribution is -0.144. The standard InChI is InChI=1S/C10H17N3O3/c1-4-7-12-8(16-13-7)6-11-10(3,5-2)9(14)15/h11H,4-6H2,1-3H3,(H,14,15). The maximum absolute atomic E-state index is 11.0. The molecule has 0 aliphatic carbocycles. The van der Waals surface area contributed by atoms with Gasteiger partial charge in [-0.2, -0.15) is 4.98 Å². The molecule has 1 rings (SSSR count). The Morgan fingerprint density at radius 1 is 1.56 bits per heavy atom. The lowest BCUT2D eigenvalue weighted by atomic mass is 9.99. The van der Waals surface area contributed by atoms with Gasteiger partial charge in [0, 0.05) is 6.42 Å². The highest BCUT2D eigenvalue weighted by Crippen LogP contribution is 2.10. The first kappa shape index (κ1) is 12.6. The third kappa shape index (κ3) is 2.79. The Balaban J connectivity index is 2.59. The molecular weight excluding hydrogens is 210 g/mol. The first-order chi connectivity index (χ1) is 7.51. The summed E-state index contributed by atoms with van der Waals surface area (Å²) in [4.78, 5) is 15.1. The number of carboxylic acid groups (broad SMARTS) is 1. The van der Waals surface area contributed by atoms with Crippen molar-refractivity contribution in [3.05, 3.63) is 11.7 Å². The van der Waals surface area contributed by atoms with E-state index in [1.807, 2.05) is 13.8 Å². The van der Waals surface area contributed by atoms with Gasteiger partial charge in [0.25, 0.3) is 0 Å². The van der Waals surface area contributed by atoms with E-state index in [2.05, 4.69) is 15.5 Å². The fraction of sp³-hybridized carbons (Fsp3) is 0.700. The highest BCUT2D eigenvalue weighted by atomic mass is 16.5. The molecule has 0 fully saturated rings. The second-order valence-corrected chi connectivity index (χ2v) is 3.80. The highest BCUT2D eigenvalue weighted by Gasteiger charge is 2.30. The second-order valence-electron chi connectivity index (χ2n) is 3.80. The average molecular weight is 227 g/mol. The van der Waals surface area contributed by atoms with Crippen molar-refractivity contribution in [1.82, 2.24) is 15.5 Å². The molecule has 0 saturated heterocycles. The number of carboxylic acids is 1. The molecule has 90 valence electrons. The third-order valence-corrected chi connectivity index (χ3v) is 2.64. The Bertz CT molecular complexity index is 364. The smallest absolute Gasteiger partial charge is 0.323 e. The van der Waals surface area contributed by atoms with E-state index in [0.29, 0.717) is 24.6 Å². The maximum Gasteiger partial charge on any atom is 0.323 e. The largest absolute Gasteiger partial charge is 0.480 e. The Hall–Kier alpha value is -1.43. The van der Waals surface area contributed by atoms with Crippen LogP contribution in [0.2, 0.25) is 0 Å². The molecule has 1 heterocycles. The van der Waals surface area contributed by atoms with Crippen LogP contribution >= 0.6 is 0 Å². The van der Waals surface area contributed by atoms with Gasteiger partial charge in [0.1, 0.15) is 5.54 Å². The number of nitrogens with one attached hydrogen (secondary N) is 1. The number of hydrogen-bond donors (Lipinski definition) is 2. The number of aliphatic carboxylic acids is 1. The molecule has 0 saturated carbocycles. The predicted molar refractivity (Wildman–Crippen MR) is 56.8 cm³/mol. The van der Waals surface area contributed by atoms with Gasteiger partial charge < -0.3 is 9.63 Å². The van der Waals surface area contributed by atoms with E-state index in [-0.39, 0.29) is 6.54 Å². The molecule has 6 nitrogen and oxygen atoms in total. The quantitative estimate of drug-likeness (QED) is 0.753. The number of hydrogen-bond acceptors (Lipinski definition) is 5. The summed E-state index contributed by atoms with van der Waals surface area (Å²) in [5.74, 6) is 0.160. The minimum absolute atomic E-state index is 0.268. The predicted octanol–water partition coefficient (Wildman–Crippen LogP) is 0.975. The molecule has 0 aliphatic heterocycles. The van der Waals surface area contributed by atoms with E-state index >= 15 is 0 Å². The van der Waals surface area contributed by atoms with Crippen molar-refractivity contribution < 1.29 is 14.4 Å². The van der Waals surface area contributed by atoms with Crippen LogP contribution in [0.4, 0.5) is 0 Å². The molecule has 0 bridgehead atoms. The van der Waals surface area contributed by atoms with E-state index in [1.54, 1.807) is 6.92 Å². The number of aromatic nitrogens is 2. The number of carbonyl (C=O) groups is 1. The average Bonchev–Trinajstić information content (AvgIpc) is 2.73. The molecule has 0 aromatic carbocycles. The van der Waals surface area contributed by atoms with Crippen molar-refractivity contribution in [3.63, 3.8) is 0 Å². The van der Waals surface area contributed by atoms with E-state index in [9.17, 15) is 4.79 Å². The fourth-order valence-electron chi connectivity index (χ4n) is 1.13. The van der Waals surface area contributed by atoms with Crippen LogP contribution in [0.1, 0.15) is 38.9 Å². The zero-order chi connectivity index (χ0) is 12.2. The topological polar surface area (TPSA) is 88.2 Å². The minimum atomic E-state index is -0.957. The van der Waals surface area contributed by atoms with Crippen LogP contribution in [0, 0.1) is 0 Å². The first-order valence-electron chi connectivity index (χ1n) is 5.31. The Morgan fingerprint density at radius 2 is 2.25 bits per heavy atom. The van der Waals surface area contributed by atoms with Crippen LogP contribution in [0.5, 0.6) is 0 Å². The van der Waals surface area contributed by atoms with Crippen LogP contribution in [0.3, 0.4) is 0 Å². The summed E-state index contributed by atoms with van der Waals surface area (Å²) in [5, 5.41) is 15.7. The van der Waals surface area contributed by atoms with Gasteiger partial charge in [0.15, 0.2) is 5.82 Å². The van der Waals surface area contributed by atoms with Gasteiger partial charge in [0.05, 0.1) is 6.54 Å². The molecule has 1 aromatic heterocycles. The van der Waals surface area contributed by atoms with Gasteiger partial charge in [-0.15, -0.1) is 0 Å². The molecule has 0 spiro atoms. The normalized spacial score (nSPS) is 14.7. The lowest BCUT2D eigenvalue weighted by Gasteiger charge is -2.23. The van der Waals surface area contributed by atoms with E-state index in [4.69, 9.17) is 9.63 Å². The van der Waals surface area contributed by atoms with Gasteiger partial charge in [-0.3, -0.25) is 10.1 Å². The maximum atomic E-state index is 11.0. The second kappa shape index (κ2) is 5.07. The van der Waals surface area contributed by atoms with Crippen molar-refractivity contribution in [3.8, 4) is 0 Å². The van der Waals surface area contributed by atoms with Gasteiger partial charge in [-0.05, 0) is 13.3 Å². The fourth-order valence-corrected chi connectivity index (χ4v) is 1.13. The lowest BCUT2D eigenvalue weighted by Crippen LogP contribution is -2.48. The van der Waals surface area contributed by atoms with E-state index in [0.717, 1.165) is 0 Å². The summed E-state index contributed by atoms with van der Waals surface area (Å²) in [7, 11) is 0. The van der Waals surface area contributed by atoms with Crippen molar-refractivity contribution >= 4 is 5.97 Å². The summed E-state index contributed by atoms with van der Waals surface area (Å²) in [5.41, 5.74) is -0.957. The Kier molecular flexibility index (Phi) is 4.00. The van der Waals surface area contributed by atoms with E-state index in [1.165, 1.54) is 0 Å². The Labute approximate surface area is 94.0 Å². The molecule has 0 amide bonds. The third-order valence-electron chi connectivity index (χ3n) is 2.64. The zero-order valence-electron chi connectivity index (χ0n) is 9.78. The molecule has 1 unspecified atom stereocenters. The summed E-state index contributed by atoms with van der Waals surface area (Å²) < 4.78 is 4.96. The van der Waals surface area contributed by atoms with Crippen LogP contribution in [-0.2, 0) is 17.8 Å². The van der Waals surface area contributed by atoms with Gasteiger partial charge in [-0.1, -0.05) is 19.0 Å². The monoisotopic (exact) mass is 227 g/mol. The molecule has 16 heavy (non-hydrogen) atoms. The molecular formula is C10H17N3O3. The van der Waals surface area contributed by atoms with Gasteiger partial charge in [-0.25, -0.2) is 0 Å². The van der Waals surface area contributed by atoms with Crippen LogP contribution < -0.4 is 5.32 Å². The SMILES string of the molecule is CCc1noc(CNC(C)(CC)C(=O)O)n1. The van der Waals surface area contributed by atoms with Crippen molar-refractivity contribution in [2.45, 2.75) is 45.7 Å². The molecule has 0 aliphatic rings. The van der Waals surface area contributed by atoms with Crippen molar-refractivity contribution in [2.75, 3.05) is 0 Å². The summed E-state index contributed by atoms with van der Waals surface area (Å²) in [6.07, 6.45) is 1.19. The molecule has 0 radical (unpaired) electrons. The minimum Gasteiger partial charge on any atom is -0.480 e. The first-order valence-corrected chi connectivity index (χ1v) is 5.31. The number of rotatable bonds is 6. The van der Waals surface area contributed by atoms with Crippen molar-refractivity contribution in [2.24, 2.45) is 0 Å². The summed E-state index contributed by atoms with van der Waals surface area (Å²) in [6, 6.07) is 0. The van der Waals surface area contributed by atoms with Crippen LogP contribution in [0.15, 0.2) is 4.52 Å². The highest BCUT2D eigenvalue weighted by molar-refractivity contribution is 5.78. The molecule has 1 atom stereocenters. The number of aryl methyl sites for hydroxylation is 1. The molecule has 6 heteroatoms. The Morgan fingerprint density at radius 3 is 2.69 bits per heavy atom. The van der Waals surface area contributed by atoms with Crippen LogP contribution in [0.25, 0.3) is 0 Å². The van der Waals surface area contributed by atoms with Gasteiger partial charge >= 0.3 is 5.97 Å². The summed E-state index contributed by atoms with van der Waals surface area (Å²) >= 11 is 0. The van der Waals surface area contributed by atoms with Crippen LogP contribution in [-0.4, -0.2) is 26.8 Å². The zero-order valence-corrected chi connectivity index (χ0v) is 9.78. The van der Waals surface area contributed by atoms with Gasteiger partial charge in [0.2, 0.25) is 5.89 Å². The number of nitrogens with zero attached hydrogens (tertiary/aromatic N) is 2. The van der Waals surface area contributed by atoms with Crippen molar-refractivity contribution in [1.29, 1.82) is 0 Å². The molecule has 2 N–H and O–H groups in total. The van der Waals surface area contributed by atoms with E-state index < -0.39 is 11.5 Å². The molecule has 1 aromatic rings.